The van der Waals surface area contributed by atoms with Gasteiger partial charge >= 0.3 is 5.97 Å². The molecule has 1 saturated carbocycles. The Kier molecular flexibility index (Phi) is 3.03. The third-order valence-corrected chi connectivity index (χ3v) is 2.61. The van der Waals surface area contributed by atoms with Gasteiger partial charge < -0.3 is 10.1 Å². The molecule has 1 unspecified atom stereocenters. The molecular weight excluding hydrogens is 217 g/mol. The van der Waals surface area contributed by atoms with Gasteiger partial charge in [0.2, 0.25) is 5.91 Å². The first kappa shape index (κ1) is 10.6. The first-order valence-corrected chi connectivity index (χ1v) is 4.45. The molecule has 0 aromatic heterocycles. The standard InChI is InChI=1S/C7H9Cl2NO3/c1-13-5(11)3-10-6(12)4-2-7(4,8)9/h4H,2-3H2,1H3,(H,10,12). The summed E-state index contributed by atoms with van der Waals surface area (Å²) in [4.78, 5) is 21.8. The zero-order chi connectivity index (χ0) is 10.1. The normalized spacial score (nSPS) is 23.5. The van der Waals surface area contributed by atoms with Crippen molar-refractivity contribution in [2.24, 2.45) is 5.92 Å². The van der Waals surface area contributed by atoms with Gasteiger partial charge in [0.15, 0.2) is 0 Å². The molecule has 1 amide bonds. The molecule has 0 radical (unpaired) electrons. The molecule has 74 valence electrons. The lowest BCUT2D eigenvalue weighted by Gasteiger charge is -2.02. The number of rotatable bonds is 3. The summed E-state index contributed by atoms with van der Waals surface area (Å²) in [7, 11) is 1.25. The van der Waals surface area contributed by atoms with Gasteiger partial charge in [-0.1, -0.05) is 0 Å². The average molecular weight is 226 g/mol. The predicted molar refractivity (Wildman–Crippen MR) is 47.6 cm³/mol. The molecule has 6 heteroatoms. The van der Waals surface area contributed by atoms with E-state index < -0.39 is 16.2 Å². The van der Waals surface area contributed by atoms with Crippen LogP contribution in [0.15, 0.2) is 0 Å². The summed E-state index contributed by atoms with van der Waals surface area (Å²) in [6, 6.07) is 0. The van der Waals surface area contributed by atoms with Crippen LogP contribution in [0, 0.1) is 5.92 Å². The molecule has 13 heavy (non-hydrogen) atoms. The first-order chi connectivity index (χ1) is 5.97. The second-order valence-electron chi connectivity index (χ2n) is 2.81. The monoisotopic (exact) mass is 225 g/mol. The third-order valence-electron chi connectivity index (χ3n) is 1.78. The molecule has 1 atom stereocenters. The van der Waals surface area contributed by atoms with Crippen LogP contribution in [-0.2, 0) is 14.3 Å². The van der Waals surface area contributed by atoms with Crippen molar-refractivity contribution in [1.82, 2.24) is 5.32 Å². The van der Waals surface area contributed by atoms with Gasteiger partial charge in [-0.05, 0) is 6.42 Å². The Balaban J connectivity index is 2.24. The number of ether oxygens (including phenoxy) is 1. The predicted octanol–water partition coefficient (Wildman–Crippen LogP) is 0.469. The molecule has 0 spiro atoms. The van der Waals surface area contributed by atoms with Crippen molar-refractivity contribution < 1.29 is 14.3 Å². The number of hydrogen-bond acceptors (Lipinski definition) is 3. The van der Waals surface area contributed by atoms with Crippen molar-refractivity contribution >= 4 is 35.1 Å². The van der Waals surface area contributed by atoms with Gasteiger partial charge in [-0.2, -0.15) is 0 Å². The van der Waals surface area contributed by atoms with Gasteiger partial charge in [0.25, 0.3) is 0 Å². The summed E-state index contributed by atoms with van der Waals surface area (Å²) in [6.07, 6.45) is 0.434. The Bertz CT molecular complexity index is 242. The summed E-state index contributed by atoms with van der Waals surface area (Å²) < 4.78 is 3.39. The van der Waals surface area contributed by atoms with Gasteiger partial charge in [-0.15, -0.1) is 23.2 Å². The van der Waals surface area contributed by atoms with Crippen LogP contribution in [0.1, 0.15) is 6.42 Å². The van der Waals surface area contributed by atoms with Gasteiger partial charge in [0, 0.05) is 0 Å². The molecule has 1 N–H and O–H groups in total. The van der Waals surface area contributed by atoms with E-state index in [1.807, 2.05) is 0 Å². The van der Waals surface area contributed by atoms with Crippen LogP contribution in [0.4, 0.5) is 0 Å². The Morgan fingerprint density at radius 2 is 2.15 bits per heavy atom. The number of amides is 1. The number of hydrogen-bond donors (Lipinski definition) is 1. The number of alkyl halides is 2. The fourth-order valence-corrected chi connectivity index (χ4v) is 1.36. The number of carbonyl (C=O) groups is 2. The zero-order valence-electron chi connectivity index (χ0n) is 6.97. The Morgan fingerprint density at radius 1 is 1.62 bits per heavy atom. The lowest BCUT2D eigenvalue weighted by molar-refractivity contribution is -0.141. The number of carbonyl (C=O) groups excluding carboxylic acids is 2. The smallest absolute Gasteiger partial charge is 0.325 e. The number of esters is 1. The Morgan fingerprint density at radius 3 is 2.54 bits per heavy atom. The quantitative estimate of drug-likeness (QED) is 0.562. The third kappa shape index (κ3) is 2.74. The van der Waals surface area contributed by atoms with Crippen LogP contribution < -0.4 is 5.32 Å². The van der Waals surface area contributed by atoms with E-state index in [4.69, 9.17) is 23.2 Å². The molecular formula is C7H9Cl2NO3. The fraction of sp³-hybridized carbons (Fsp3) is 0.714. The first-order valence-electron chi connectivity index (χ1n) is 3.69. The van der Waals surface area contributed by atoms with Gasteiger partial charge in [0.1, 0.15) is 10.9 Å². The maximum atomic E-state index is 11.2. The van der Waals surface area contributed by atoms with E-state index in [9.17, 15) is 9.59 Å². The second kappa shape index (κ2) is 3.72. The van der Waals surface area contributed by atoms with E-state index in [1.165, 1.54) is 7.11 Å². The number of methoxy groups -OCH3 is 1. The van der Waals surface area contributed by atoms with E-state index in [2.05, 4.69) is 10.1 Å². The van der Waals surface area contributed by atoms with Crippen LogP contribution in [0.2, 0.25) is 0 Å². The minimum absolute atomic E-state index is 0.143. The van der Waals surface area contributed by atoms with Crippen molar-refractivity contribution in [1.29, 1.82) is 0 Å². The van der Waals surface area contributed by atoms with E-state index in [1.54, 1.807) is 0 Å². The van der Waals surface area contributed by atoms with Gasteiger partial charge in [-0.25, -0.2) is 0 Å². The molecule has 0 aromatic carbocycles. The Hall–Kier alpha value is -0.480. The van der Waals surface area contributed by atoms with Crippen LogP contribution >= 0.6 is 23.2 Å². The topological polar surface area (TPSA) is 55.4 Å². The van der Waals surface area contributed by atoms with E-state index in [0.29, 0.717) is 6.42 Å². The molecule has 0 aliphatic heterocycles. The molecule has 1 fully saturated rings. The van der Waals surface area contributed by atoms with Crippen molar-refractivity contribution in [2.75, 3.05) is 13.7 Å². The van der Waals surface area contributed by atoms with Crippen molar-refractivity contribution in [3.8, 4) is 0 Å². The fourth-order valence-electron chi connectivity index (χ4n) is 0.852. The molecule has 0 saturated heterocycles. The lowest BCUT2D eigenvalue weighted by Crippen LogP contribution is -2.32. The maximum absolute atomic E-state index is 11.2. The van der Waals surface area contributed by atoms with Gasteiger partial charge in [-0.3, -0.25) is 9.59 Å². The van der Waals surface area contributed by atoms with E-state index in [-0.39, 0.29) is 12.5 Å². The minimum Gasteiger partial charge on any atom is -0.468 e. The molecule has 1 aliphatic rings. The Labute approximate surface area is 85.5 Å². The van der Waals surface area contributed by atoms with E-state index in [0.717, 1.165) is 0 Å². The summed E-state index contributed by atoms with van der Waals surface area (Å²) in [5.74, 6) is -1.21. The summed E-state index contributed by atoms with van der Waals surface area (Å²) in [5.41, 5.74) is 0. The van der Waals surface area contributed by atoms with E-state index >= 15 is 0 Å². The highest BCUT2D eigenvalue weighted by atomic mass is 35.5. The SMILES string of the molecule is COC(=O)CNC(=O)C1CC1(Cl)Cl. The molecule has 1 rings (SSSR count). The second-order valence-corrected chi connectivity index (χ2v) is 4.35. The molecule has 0 heterocycles. The maximum Gasteiger partial charge on any atom is 0.325 e. The summed E-state index contributed by atoms with van der Waals surface area (Å²) in [6.45, 7) is -0.143. The molecule has 0 bridgehead atoms. The van der Waals surface area contributed by atoms with Crippen molar-refractivity contribution in [2.45, 2.75) is 10.8 Å². The summed E-state index contributed by atoms with van der Waals surface area (Å²) >= 11 is 11.3. The minimum atomic E-state index is -0.944. The van der Waals surface area contributed by atoms with Crippen molar-refractivity contribution in [3.05, 3.63) is 0 Å². The molecule has 4 nitrogen and oxygen atoms in total. The molecule has 0 aromatic rings. The van der Waals surface area contributed by atoms with Crippen LogP contribution in [0.3, 0.4) is 0 Å². The highest BCUT2D eigenvalue weighted by Crippen LogP contribution is 2.53. The highest BCUT2D eigenvalue weighted by Gasteiger charge is 2.56. The summed E-state index contributed by atoms with van der Waals surface area (Å²) in [5, 5.41) is 2.37. The van der Waals surface area contributed by atoms with Crippen LogP contribution in [0.5, 0.6) is 0 Å². The largest absolute Gasteiger partial charge is 0.468 e. The van der Waals surface area contributed by atoms with Crippen LogP contribution in [-0.4, -0.2) is 29.9 Å². The average Bonchev–Trinajstić information content (AvgIpc) is 2.70. The number of halogens is 2. The zero-order valence-corrected chi connectivity index (χ0v) is 8.48. The van der Waals surface area contributed by atoms with Crippen molar-refractivity contribution in [3.63, 3.8) is 0 Å². The van der Waals surface area contributed by atoms with Crippen LogP contribution in [0.25, 0.3) is 0 Å². The van der Waals surface area contributed by atoms with Gasteiger partial charge in [0.05, 0.1) is 13.0 Å². The highest BCUT2D eigenvalue weighted by molar-refractivity contribution is 6.52. The molecule has 1 aliphatic carbocycles. The lowest BCUT2D eigenvalue weighted by atomic mass is 10.4. The number of nitrogens with one attached hydrogen (secondary N) is 1.